The minimum Gasteiger partial charge on any atom is -0.374 e. The van der Waals surface area contributed by atoms with Crippen LogP contribution in [-0.2, 0) is 9.47 Å². The molecule has 6 nitrogen and oxygen atoms in total. The molecule has 0 amide bonds. The third-order valence-corrected chi connectivity index (χ3v) is 2.95. The summed E-state index contributed by atoms with van der Waals surface area (Å²) in [6.07, 6.45) is 2.02. The summed E-state index contributed by atoms with van der Waals surface area (Å²) < 4.78 is 12.5. The third kappa shape index (κ3) is 3.43. The Morgan fingerprint density at radius 3 is 2.00 bits per heavy atom. The fourth-order valence-corrected chi connectivity index (χ4v) is 1.58. The van der Waals surface area contributed by atoms with Gasteiger partial charge in [-0.25, -0.2) is 4.68 Å². The minimum absolute atomic E-state index is 0.107. The van der Waals surface area contributed by atoms with E-state index in [9.17, 15) is 0 Å². The molecule has 0 saturated carbocycles. The molecule has 1 N–H and O–H groups in total. The monoisotopic (exact) mass is 256 g/mol. The van der Waals surface area contributed by atoms with Crippen molar-refractivity contribution in [2.24, 2.45) is 0 Å². The van der Waals surface area contributed by atoms with E-state index < -0.39 is 0 Å². The van der Waals surface area contributed by atoms with Crippen LogP contribution >= 0.6 is 0 Å². The zero-order valence-corrected chi connectivity index (χ0v) is 11.9. The number of ether oxygens (including phenoxy) is 2. The van der Waals surface area contributed by atoms with Crippen molar-refractivity contribution < 1.29 is 9.47 Å². The van der Waals surface area contributed by atoms with Gasteiger partial charge in [0.1, 0.15) is 12.2 Å². The maximum absolute atomic E-state index is 5.31. The van der Waals surface area contributed by atoms with E-state index in [-0.39, 0.29) is 12.2 Å². The van der Waals surface area contributed by atoms with Crippen LogP contribution in [0.1, 0.15) is 57.5 Å². The quantitative estimate of drug-likeness (QED) is 0.721. The molecule has 1 aromatic rings. The smallest absolute Gasteiger partial charge is 0.180 e. The Balaban J connectivity index is 2.93. The summed E-state index contributed by atoms with van der Waals surface area (Å²) in [5, 5.41) is 8.36. The number of hydrogen-bond donors (Lipinski definition) is 1. The highest BCUT2D eigenvalue weighted by Gasteiger charge is 2.20. The Bertz CT molecular complexity index is 326. The van der Waals surface area contributed by atoms with Gasteiger partial charge in [0.25, 0.3) is 0 Å². The van der Waals surface area contributed by atoms with Gasteiger partial charge in [-0.15, -0.1) is 10.2 Å². The van der Waals surface area contributed by atoms with Gasteiger partial charge in [-0.1, -0.05) is 13.3 Å². The molecule has 6 heteroatoms. The van der Waals surface area contributed by atoms with Crippen LogP contribution in [-0.4, -0.2) is 35.6 Å². The molecule has 0 aliphatic carbocycles. The first-order valence-electron chi connectivity index (χ1n) is 6.40. The molecule has 0 bridgehead atoms. The van der Waals surface area contributed by atoms with Gasteiger partial charge in [0, 0.05) is 20.8 Å². The molecule has 1 heterocycles. The van der Waals surface area contributed by atoms with Crippen LogP contribution in [0, 0.1) is 0 Å². The number of nitrogens with zero attached hydrogens (tertiary/aromatic N) is 3. The molecule has 0 fully saturated rings. The van der Waals surface area contributed by atoms with E-state index in [1.807, 2.05) is 18.5 Å². The minimum atomic E-state index is -0.107. The number of rotatable bonds is 8. The second-order valence-corrected chi connectivity index (χ2v) is 4.27. The number of methoxy groups -OCH3 is 2. The summed E-state index contributed by atoms with van der Waals surface area (Å²) in [5.41, 5.74) is 3.32. The van der Waals surface area contributed by atoms with Crippen molar-refractivity contribution in [3.63, 3.8) is 0 Å². The van der Waals surface area contributed by atoms with E-state index >= 15 is 0 Å². The summed E-state index contributed by atoms with van der Waals surface area (Å²) in [5.74, 6) is 1.54. The van der Waals surface area contributed by atoms with Crippen LogP contribution in [0.15, 0.2) is 0 Å². The van der Waals surface area contributed by atoms with E-state index in [2.05, 4.69) is 22.5 Å². The molecule has 0 spiro atoms. The normalized spacial score (nSPS) is 14.5. The Kier molecular flexibility index (Phi) is 6.07. The second kappa shape index (κ2) is 7.33. The van der Waals surface area contributed by atoms with Crippen molar-refractivity contribution in [2.45, 2.75) is 45.8 Å². The lowest BCUT2D eigenvalue weighted by Gasteiger charge is -2.17. The predicted octanol–water partition coefficient (Wildman–Crippen LogP) is 2.04. The topological polar surface area (TPSA) is 61.2 Å². The molecule has 18 heavy (non-hydrogen) atoms. The Morgan fingerprint density at radius 1 is 1.11 bits per heavy atom. The highest BCUT2D eigenvalue weighted by Crippen LogP contribution is 2.19. The summed E-state index contributed by atoms with van der Waals surface area (Å²) in [6.45, 7) is 6.93. The number of aromatic nitrogens is 3. The average Bonchev–Trinajstić information content (AvgIpc) is 2.81. The lowest BCUT2D eigenvalue weighted by Crippen LogP contribution is -2.24. The zero-order valence-electron chi connectivity index (χ0n) is 11.9. The second-order valence-electron chi connectivity index (χ2n) is 4.27. The largest absolute Gasteiger partial charge is 0.374 e. The van der Waals surface area contributed by atoms with Crippen molar-refractivity contribution in [1.29, 1.82) is 0 Å². The van der Waals surface area contributed by atoms with Crippen molar-refractivity contribution in [3.05, 3.63) is 11.6 Å². The highest BCUT2D eigenvalue weighted by molar-refractivity contribution is 5.04. The molecule has 0 aliphatic heterocycles. The third-order valence-electron chi connectivity index (χ3n) is 2.95. The van der Waals surface area contributed by atoms with Crippen LogP contribution < -0.4 is 5.43 Å². The van der Waals surface area contributed by atoms with Gasteiger partial charge in [0.15, 0.2) is 11.6 Å². The summed E-state index contributed by atoms with van der Waals surface area (Å²) in [6, 6.07) is 0. The predicted molar refractivity (Wildman–Crippen MR) is 70.0 cm³/mol. The van der Waals surface area contributed by atoms with Crippen molar-refractivity contribution in [1.82, 2.24) is 14.9 Å². The Hall–Kier alpha value is -1.14. The lowest BCUT2D eigenvalue weighted by atomic mass is 10.3. The molecule has 0 aromatic carbocycles. The summed E-state index contributed by atoms with van der Waals surface area (Å²) in [4.78, 5) is 0. The molecular formula is C12H24N4O2. The van der Waals surface area contributed by atoms with Gasteiger partial charge in [-0.3, -0.25) is 0 Å². The molecule has 0 saturated heterocycles. The first-order valence-corrected chi connectivity index (χ1v) is 6.40. The standard InChI is InChI=1S/C12H24N4O2/c1-6-7-8-13-16-11(9(2)17-4)14-15-12(16)10(3)18-5/h9-10,13H,6-8H2,1-5H3/t9-,10-/m0/s1. The summed E-state index contributed by atoms with van der Waals surface area (Å²) >= 11 is 0. The first kappa shape index (κ1) is 14.9. The molecule has 1 rings (SSSR count). The zero-order chi connectivity index (χ0) is 13.5. The number of nitrogens with one attached hydrogen (secondary N) is 1. The fourth-order valence-electron chi connectivity index (χ4n) is 1.58. The Labute approximate surface area is 109 Å². The molecular weight excluding hydrogens is 232 g/mol. The van der Waals surface area contributed by atoms with Crippen LogP contribution in [0.2, 0.25) is 0 Å². The van der Waals surface area contributed by atoms with E-state index in [1.165, 1.54) is 0 Å². The van der Waals surface area contributed by atoms with Gasteiger partial charge in [0.2, 0.25) is 0 Å². The molecule has 1 aromatic heterocycles. The maximum atomic E-state index is 5.31. The molecule has 0 aliphatic rings. The van der Waals surface area contributed by atoms with Crippen LogP contribution in [0.25, 0.3) is 0 Å². The average molecular weight is 256 g/mol. The van der Waals surface area contributed by atoms with Crippen molar-refractivity contribution in [3.8, 4) is 0 Å². The van der Waals surface area contributed by atoms with Crippen LogP contribution in [0.3, 0.4) is 0 Å². The van der Waals surface area contributed by atoms with Gasteiger partial charge < -0.3 is 14.9 Å². The van der Waals surface area contributed by atoms with Gasteiger partial charge >= 0.3 is 0 Å². The van der Waals surface area contributed by atoms with Crippen molar-refractivity contribution in [2.75, 3.05) is 26.2 Å². The van der Waals surface area contributed by atoms with Gasteiger partial charge in [-0.2, -0.15) is 0 Å². The number of unbranched alkanes of at least 4 members (excludes halogenated alkanes) is 1. The van der Waals surface area contributed by atoms with E-state index in [0.717, 1.165) is 31.0 Å². The van der Waals surface area contributed by atoms with Crippen LogP contribution in [0.4, 0.5) is 0 Å². The molecule has 0 radical (unpaired) electrons. The van der Waals surface area contributed by atoms with E-state index in [0.29, 0.717) is 0 Å². The maximum Gasteiger partial charge on any atom is 0.180 e. The molecule has 2 atom stereocenters. The molecule has 0 unspecified atom stereocenters. The summed E-state index contributed by atoms with van der Waals surface area (Å²) in [7, 11) is 3.32. The SMILES string of the molecule is CCCCNn1c([C@H](C)OC)nnc1[C@H](C)OC. The molecule has 104 valence electrons. The highest BCUT2D eigenvalue weighted by atomic mass is 16.5. The Morgan fingerprint density at radius 2 is 1.61 bits per heavy atom. The van der Waals surface area contributed by atoms with E-state index in [1.54, 1.807) is 14.2 Å². The van der Waals surface area contributed by atoms with Crippen molar-refractivity contribution >= 4 is 0 Å². The number of hydrogen-bond acceptors (Lipinski definition) is 5. The van der Waals surface area contributed by atoms with Gasteiger partial charge in [0.05, 0.1) is 0 Å². The first-order chi connectivity index (χ1) is 8.65. The van der Waals surface area contributed by atoms with Crippen LogP contribution in [0.5, 0.6) is 0 Å². The lowest BCUT2D eigenvalue weighted by molar-refractivity contribution is 0.102. The fraction of sp³-hybridized carbons (Fsp3) is 0.833. The van der Waals surface area contributed by atoms with E-state index in [4.69, 9.17) is 9.47 Å². The van der Waals surface area contributed by atoms with Gasteiger partial charge in [-0.05, 0) is 20.3 Å².